The fourth-order valence-corrected chi connectivity index (χ4v) is 3.54. The highest BCUT2D eigenvalue weighted by Crippen LogP contribution is 2.42. The van der Waals surface area contributed by atoms with Crippen LogP contribution in [0.3, 0.4) is 0 Å². The first kappa shape index (κ1) is 13.6. The van der Waals surface area contributed by atoms with E-state index in [9.17, 15) is 0 Å². The third kappa shape index (κ3) is 2.94. The topological polar surface area (TPSA) is 29.9 Å². The highest BCUT2D eigenvalue weighted by atomic mass is 15.2. The summed E-state index contributed by atoms with van der Waals surface area (Å²) in [7, 11) is 4.09. The minimum absolute atomic E-state index is 0.466. The zero-order chi connectivity index (χ0) is 13.2. The van der Waals surface area contributed by atoms with Gasteiger partial charge in [0.2, 0.25) is 0 Å². The van der Waals surface area contributed by atoms with E-state index in [-0.39, 0.29) is 0 Å². The molecule has 1 aromatic heterocycles. The van der Waals surface area contributed by atoms with Gasteiger partial charge in [0.25, 0.3) is 0 Å². The number of hydrogen-bond acceptors (Lipinski definition) is 2. The molecule has 3 nitrogen and oxygen atoms in total. The van der Waals surface area contributed by atoms with E-state index in [4.69, 9.17) is 0 Å². The molecule has 1 heterocycles. The van der Waals surface area contributed by atoms with Crippen LogP contribution >= 0.6 is 0 Å². The number of rotatable bonds is 4. The van der Waals surface area contributed by atoms with Crippen molar-refractivity contribution < 1.29 is 0 Å². The van der Waals surface area contributed by atoms with Crippen LogP contribution in [0.1, 0.15) is 45.1 Å². The Balaban J connectivity index is 2.07. The standard InChI is InChI=1S/C15H27N3/c1-15(2)8-6-5-7-13(15)14(16-3)9-12-10-17-18(4)11-12/h10-11,13-14,16H,5-9H2,1-4H3. The summed E-state index contributed by atoms with van der Waals surface area (Å²) in [5.74, 6) is 0.774. The zero-order valence-electron chi connectivity index (χ0n) is 12.2. The summed E-state index contributed by atoms with van der Waals surface area (Å²) in [4.78, 5) is 0. The predicted octanol–water partition coefficient (Wildman–Crippen LogP) is 2.77. The van der Waals surface area contributed by atoms with Crippen molar-refractivity contribution in [2.75, 3.05) is 7.05 Å². The monoisotopic (exact) mass is 249 g/mol. The van der Waals surface area contributed by atoms with Crippen LogP contribution in [0.2, 0.25) is 0 Å². The molecule has 1 saturated carbocycles. The third-order valence-electron chi connectivity index (χ3n) is 4.66. The van der Waals surface area contributed by atoms with Crippen molar-refractivity contribution in [3.8, 4) is 0 Å². The molecule has 2 rings (SSSR count). The van der Waals surface area contributed by atoms with Crippen LogP contribution < -0.4 is 5.32 Å². The number of nitrogens with one attached hydrogen (secondary N) is 1. The van der Waals surface area contributed by atoms with Crippen LogP contribution in [0.4, 0.5) is 0 Å². The number of hydrogen-bond donors (Lipinski definition) is 1. The molecule has 2 unspecified atom stereocenters. The average Bonchev–Trinajstić information content (AvgIpc) is 2.72. The van der Waals surface area contributed by atoms with E-state index in [0.717, 1.165) is 12.3 Å². The highest BCUT2D eigenvalue weighted by molar-refractivity contribution is 5.07. The molecule has 1 N–H and O–H groups in total. The van der Waals surface area contributed by atoms with Crippen LogP contribution in [-0.4, -0.2) is 22.9 Å². The summed E-state index contributed by atoms with van der Waals surface area (Å²) in [6.07, 6.45) is 10.7. The Morgan fingerprint density at radius 1 is 1.50 bits per heavy atom. The van der Waals surface area contributed by atoms with Gasteiger partial charge in [-0.3, -0.25) is 4.68 Å². The first-order chi connectivity index (χ1) is 8.53. The molecule has 1 fully saturated rings. The summed E-state index contributed by atoms with van der Waals surface area (Å²) < 4.78 is 1.90. The lowest BCUT2D eigenvalue weighted by Gasteiger charge is -2.43. The van der Waals surface area contributed by atoms with Crippen LogP contribution in [0.5, 0.6) is 0 Å². The van der Waals surface area contributed by atoms with Gasteiger partial charge in [-0.1, -0.05) is 26.7 Å². The van der Waals surface area contributed by atoms with Crippen molar-refractivity contribution in [2.45, 2.75) is 52.0 Å². The molecule has 1 aliphatic carbocycles. The Morgan fingerprint density at radius 2 is 2.28 bits per heavy atom. The first-order valence-electron chi connectivity index (χ1n) is 7.18. The summed E-state index contributed by atoms with van der Waals surface area (Å²) in [5, 5.41) is 7.82. The van der Waals surface area contributed by atoms with Gasteiger partial charge in [-0.25, -0.2) is 0 Å². The van der Waals surface area contributed by atoms with Crippen molar-refractivity contribution in [2.24, 2.45) is 18.4 Å². The first-order valence-corrected chi connectivity index (χ1v) is 7.18. The van der Waals surface area contributed by atoms with Gasteiger partial charge < -0.3 is 5.32 Å². The van der Waals surface area contributed by atoms with Crippen molar-refractivity contribution in [3.63, 3.8) is 0 Å². The minimum Gasteiger partial charge on any atom is -0.316 e. The van der Waals surface area contributed by atoms with Crippen LogP contribution in [0, 0.1) is 11.3 Å². The smallest absolute Gasteiger partial charge is 0.0522 e. The lowest BCUT2D eigenvalue weighted by Crippen LogP contribution is -2.44. The molecule has 0 spiro atoms. The van der Waals surface area contributed by atoms with Crippen LogP contribution in [0.15, 0.2) is 12.4 Å². The number of nitrogens with zero attached hydrogens (tertiary/aromatic N) is 2. The Kier molecular flexibility index (Phi) is 4.10. The van der Waals surface area contributed by atoms with E-state index in [1.165, 1.54) is 31.2 Å². The Hall–Kier alpha value is -0.830. The number of aryl methyl sites for hydroxylation is 1. The fourth-order valence-electron chi connectivity index (χ4n) is 3.54. The van der Waals surface area contributed by atoms with E-state index in [2.05, 4.69) is 37.5 Å². The van der Waals surface area contributed by atoms with Gasteiger partial charge in [0.15, 0.2) is 0 Å². The molecular formula is C15H27N3. The van der Waals surface area contributed by atoms with E-state index >= 15 is 0 Å². The number of likely N-dealkylation sites (N-methyl/N-ethyl adjacent to an activating group) is 1. The van der Waals surface area contributed by atoms with Crippen molar-refractivity contribution in [1.29, 1.82) is 0 Å². The lowest BCUT2D eigenvalue weighted by molar-refractivity contribution is 0.101. The maximum absolute atomic E-state index is 4.27. The molecule has 2 atom stereocenters. The molecule has 0 aliphatic heterocycles. The molecule has 18 heavy (non-hydrogen) atoms. The van der Waals surface area contributed by atoms with E-state index in [1.54, 1.807) is 0 Å². The average molecular weight is 249 g/mol. The molecule has 3 heteroatoms. The molecule has 0 saturated heterocycles. The molecule has 0 amide bonds. The summed E-state index contributed by atoms with van der Waals surface area (Å²) in [6.45, 7) is 4.87. The molecule has 0 bridgehead atoms. The second kappa shape index (κ2) is 5.43. The van der Waals surface area contributed by atoms with Crippen molar-refractivity contribution in [1.82, 2.24) is 15.1 Å². The normalized spacial score (nSPS) is 25.0. The van der Waals surface area contributed by atoms with E-state index < -0.39 is 0 Å². The Morgan fingerprint density at radius 3 is 2.83 bits per heavy atom. The molecule has 0 aromatic carbocycles. The number of aromatic nitrogens is 2. The van der Waals surface area contributed by atoms with Gasteiger partial charge in [0.05, 0.1) is 6.20 Å². The molecule has 1 aromatic rings. The Bertz CT molecular complexity index is 381. The van der Waals surface area contributed by atoms with Gasteiger partial charge in [0.1, 0.15) is 0 Å². The van der Waals surface area contributed by atoms with Gasteiger partial charge in [-0.2, -0.15) is 5.10 Å². The van der Waals surface area contributed by atoms with Crippen LogP contribution in [-0.2, 0) is 13.5 Å². The molecule has 1 aliphatic rings. The van der Waals surface area contributed by atoms with Crippen molar-refractivity contribution >= 4 is 0 Å². The summed E-state index contributed by atoms with van der Waals surface area (Å²) >= 11 is 0. The van der Waals surface area contributed by atoms with Gasteiger partial charge in [0, 0.05) is 19.3 Å². The van der Waals surface area contributed by atoms with E-state index in [0.29, 0.717) is 11.5 Å². The minimum atomic E-state index is 0.466. The van der Waals surface area contributed by atoms with Gasteiger partial charge >= 0.3 is 0 Å². The second-order valence-corrected chi connectivity index (χ2v) is 6.46. The highest BCUT2D eigenvalue weighted by Gasteiger charge is 2.36. The van der Waals surface area contributed by atoms with Crippen LogP contribution in [0.25, 0.3) is 0 Å². The van der Waals surface area contributed by atoms with Crippen molar-refractivity contribution in [3.05, 3.63) is 18.0 Å². The quantitative estimate of drug-likeness (QED) is 0.889. The summed E-state index contributed by atoms with van der Waals surface area (Å²) in [5.41, 5.74) is 1.81. The Labute approximate surface area is 111 Å². The van der Waals surface area contributed by atoms with E-state index in [1.807, 2.05) is 17.9 Å². The van der Waals surface area contributed by atoms with Gasteiger partial charge in [-0.15, -0.1) is 0 Å². The second-order valence-electron chi connectivity index (χ2n) is 6.46. The largest absolute Gasteiger partial charge is 0.316 e. The fraction of sp³-hybridized carbons (Fsp3) is 0.800. The maximum Gasteiger partial charge on any atom is 0.0522 e. The zero-order valence-corrected chi connectivity index (χ0v) is 12.2. The predicted molar refractivity (Wildman–Crippen MR) is 75.5 cm³/mol. The van der Waals surface area contributed by atoms with Gasteiger partial charge in [-0.05, 0) is 43.2 Å². The maximum atomic E-state index is 4.27. The summed E-state index contributed by atoms with van der Waals surface area (Å²) in [6, 6.07) is 0.574. The third-order valence-corrected chi connectivity index (χ3v) is 4.66. The molecule has 0 radical (unpaired) electrons. The molecule has 102 valence electrons. The lowest BCUT2D eigenvalue weighted by atomic mass is 9.65. The molecular weight excluding hydrogens is 222 g/mol. The SMILES string of the molecule is CNC(Cc1cnn(C)c1)C1CCCCC1(C)C.